The summed E-state index contributed by atoms with van der Waals surface area (Å²) < 4.78 is 10.1. The van der Waals surface area contributed by atoms with Gasteiger partial charge in [0.1, 0.15) is 5.60 Å². The molecule has 1 aliphatic heterocycles. The number of hydrogen-bond acceptors (Lipinski definition) is 5. The summed E-state index contributed by atoms with van der Waals surface area (Å²) in [6.07, 6.45) is 1.08. The van der Waals surface area contributed by atoms with Gasteiger partial charge in [-0.25, -0.2) is 4.79 Å². The predicted octanol–water partition coefficient (Wildman–Crippen LogP) is 2.05. The molecule has 2 amide bonds. The molecule has 0 radical (unpaired) electrons. The van der Waals surface area contributed by atoms with E-state index in [-0.39, 0.29) is 24.4 Å². The van der Waals surface area contributed by atoms with Crippen molar-refractivity contribution in [1.82, 2.24) is 9.80 Å². The molecule has 0 N–H and O–H groups in total. The molecule has 1 fully saturated rings. The van der Waals surface area contributed by atoms with Crippen LogP contribution < -0.4 is 0 Å². The Morgan fingerprint density at radius 3 is 2.33 bits per heavy atom. The van der Waals surface area contributed by atoms with E-state index < -0.39 is 5.60 Å². The normalized spacial score (nSPS) is 14.8. The maximum absolute atomic E-state index is 12.0. The third-order valence-corrected chi connectivity index (χ3v) is 3.76. The van der Waals surface area contributed by atoms with Gasteiger partial charge in [0.25, 0.3) is 0 Å². The molecule has 0 aromatic carbocycles. The SMILES string of the molecule is CCOC(=O)CCN(C)C(=O)CCC1CN(C(=O)OC(C)(C)C)C1. The van der Waals surface area contributed by atoms with Crippen molar-refractivity contribution in [2.45, 2.75) is 52.6 Å². The topological polar surface area (TPSA) is 76.2 Å². The smallest absolute Gasteiger partial charge is 0.410 e. The summed E-state index contributed by atoms with van der Waals surface area (Å²) in [6, 6.07) is 0. The van der Waals surface area contributed by atoms with Gasteiger partial charge in [0.15, 0.2) is 0 Å². The minimum absolute atomic E-state index is 0.00927. The zero-order valence-electron chi connectivity index (χ0n) is 15.5. The van der Waals surface area contributed by atoms with E-state index in [0.717, 1.165) is 6.42 Å². The summed E-state index contributed by atoms with van der Waals surface area (Å²) in [5.74, 6) is 0.0547. The number of nitrogens with zero attached hydrogens (tertiary/aromatic N) is 2. The molecule has 1 rings (SSSR count). The van der Waals surface area contributed by atoms with E-state index in [0.29, 0.717) is 38.6 Å². The quantitative estimate of drug-likeness (QED) is 0.662. The molecule has 0 saturated carbocycles. The first-order valence-corrected chi connectivity index (χ1v) is 8.50. The number of carbonyl (C=O) groups is 3. The lowest BCUT2D eigenvalue weighted by Crippen LogP contribution is -2.51. The molecular weight excluding hydrogens is 312 g/mol. The molecular formula is C17H30N2O5. The Balaban J connectivity index is 2.18. The van der Waals surface area contributed by atoms with Crippen LogP contribution in [0.25, 0.3) is 0 Å². The largest absolute Gasteiger partial charge is 0.466 e. The Hall–Kier alpha value is -1.79. The summed E-state index contributed by atoms with van der Waals surface area (Å²) in [5.41, 5.74) is -0.486. The van der Waals surface area contributed by atoms with E-state index in [9.17, 15) is 14.4 Å². The minimum atomic E-state index is -0.486. The number of amides is 2. The van der Waals surface area contributed by atoms with Crippen LogP contribution in [0.2, 0.25) is 0 Å². The Kier molecular flexibility index (Phi) is 7.51. The maximum Gasteiger partial charge on any atom is 0.410 e. The van der Waals surface area contributed by atoms with Gasteiger partial charge in [-0.15, -0.1) is 0 Å². The van der Waals surface area contributed by atoms with Crippen LogP contribution in [-0.4, -0.2) is 66.7 Å². The molecule has 7 heteroatoms. The number of rotatable bonds is 7. The van der Waals surface area contributed by atoms with Crippen molar-refractivity contribution in [3.63, 3.8) is 0 Å². The van der Waals surface area contributed by atoms with E-state index in [2.05, 4.69) is 0 Å². The summed E-state index contributed by atoms with van der Waals surface area (Å²) in [7, 11) is 1.69. The number of likely N-dealkylation sites (tertiary alicyclic amines) is 1. The van der Waals surface area contributed by atoms with E-state index in [4.69, 9.17) is 9.47 Å². The van der Waals surface area contributed by atoms with Crippen LogP contribution in [0, 0.1) is 5.92 Å². The Bertz CT molecular complexity index is 452. The van der Waals surface area contributed by atoms with Gasteiger partial charge in [0.05, 0.1) is 13.0 Å². The van der Waals surface area contributed by atoms with Crippen LogP contribution in [0.15, 0.2) is 0 Å². The fourth-order valence-electron chi connectivity index (χ4n) is 2.36. The molecule has 0 spiro atoms. The Morgan fingerprint density at radius 1 is 1.17 bits per heavy atom. The van der Waals surface area contributed by atoms with Crippen molar-refractivity contribution in [3.8, 4) is 0 Å². The molecule has 138 valence electrons. The summed E-state index contributed by atoms with van der Waals surface area (Å²) in [5, 5.41) is 0. The highest BCUT2D eigenvalue weighted by molar-refractivity contribution is 5.77. The van der Waals surface area contributed by atoms with Crippen LogP contribution in [0.5, 0.6) is 0 Å². The average Bonchev–Trinajstić information content (AvgIpc) is 2.41. The van der Waals surface area contributed by atoms with Gasteiger partial charge >= 0.3 is 12.1 Å². The van der Waals surface area contributed by atoms with Crippen molar-refractivity contribution < 1.29 is 23.9 Å². The average molecular weight is 342 g/mol. The number of esters is 1. The zero-order valence-corrected chi connectivity index (χ0v) is 15.5. The molecule has 0 atom stereocenters. The highest BCUT2D eigenvalue weighted by atomic mass is 16.6. The van der Waals surface area contributed by atoms with Gasteiger partial charge in [-0.05, 0) is 40.0 Å². The third-order valence-electron chi connectivity index (χ3n) is 3.76. The molecule has 24 heavy (non-hydrogen) atoms. The summed E-state index contributed by atoms with van der Waals surface area (Å²) >= 11 is 0. The Labute approximate surface area is 144 Å². The minimum Gasteiger partial charge on any atom is -0.466 e. The monoisotopic (exact) mass is 342 g/mol. The van der Waals surface area contributed by atoms with Crippen molar-refractivity contribution >= 4 is 18.0 Å². The van der Waals surface area contributed by atoms with E-state index >= 15 is 0 Å². The molecule has 0 unspecified atom stereocenters. The van der Waals surface area contributed by atoms with Crippen molar-refractivity contribution in [2.24, 2.45) is 5.92 Å². The molecule has 1 heterocycles. The van der Waals surface area contributed by atoms with E-state index in [1.54, 1.807) is 23.8 Å². The number of carbonyl (C=O) groups excluding carboxylic acids is 3. The van der Waals surface area contributed by atoms with Gasteiger partial charge in [-0.3, -0.25) is 9.59 Å². The van der Waals surface area contributed by atoms with Crippen LogP contribution in [0.4, 0.5) is 4.79 Å². The highest BCUT2D eigenvalue weighted by Gasteiger charge is 2.33. The first-order valence-electron chi connectivity index (χ1n) is 8.50. The second kappa shape index (κ2) is 8.89. The fraction of sp³-hybridized carbons (Fsp3) is 0.824. The lowest BCUT2D eigenvalue weighted by atomic mass is 9.95. The van der Waals surface area contributed by atoms with Gasteiger partial charge in [0.2, 0.25) is 5.91 Å². The highest BCUT2D eigenvalue weighted by Crippen LogP contribution is 2.23. The molecule has 1 saturated heterocycles. The van der Waals surface area contributed by atoms with Crippen molar-refractivity contribution in [3.05, 3.63) is 0 Å². The molecule has 1 aliphatic rings. The molecule has 0 aliphatic carbocycles. The second-order valence-corrected chi connectivity index (χ2v) is 7.16. The van der Waals surface area contributed by atoms with Crippen LogP contribution in [-0.2, 0) is 19.1 Å². The predicted molar refractivity (Wildman–Crippen MR) is 89.4 cm³/mol. The van der Waals surface area contributed by atoms with Gasteiger partial charge < -0.3 is 19.3 Å². The van der Waals surface area contributed by atoms with Gasteiger partial charge in [-0.2, -0.15) is 0 Å². The second-order valence-electron chi connectivity index (χ2n) is 7.16. The van der Waals surface area contributed by atoms with Crippen LogP contribution >= 0.6 is 0 Å². The maximum atomic E-state index is 12.0. The molecule has 0 aromatic heterocycles. The third kappa shape index (κ3) is 7.19. The fourth-order valence-corrected chi connectivity index (χ4v) is 2.36. The van der Waals surface area contributed by atoms with Crippen molar-refractivity contribution in [1.29, 1.82) is 0 Å². The standard InChI is InChI=1S/C17H30N2O5/c1-6-23-15(21)9-10-18(5)14(20)8-7-13-11-19(12-13)16(22)24-17(2,3)4/h13H,6-12H2,1-5H3. The lowest BCUT2D eigenvalue weighted by Gasteiger charge is -2.39. The van der Waals surface area contributed by atoms with Gasteiger partial charge in [-0.1, -0.05) is 0 Å². The number of hydrogen-bond donors (Lipinski definition) is 0. The molecule has 0 aromatic rings. The Morgan fingerprint density at radius 2 is 1.79 bits per heavy atom. The van der Waals surface area contributed by atoms with Gasteiger partial charge in [0, 0.05) is 33.1 Å². The zero-order chi connectivity index (χ0) is 18.3. The summed E-state index contributed by atoms with van der Waals surface area (Å²) in [6.45, 7) is 9.26. The summed E-state index contributed by atoms with van der Waals surface area (Å²) in [4.78, 5) is 38.3. The van der Waals surface area contributed by atoms with Crippen LogP contribution in [0.3, 0.4) is 0 Å². The van der Waals surface area contributed by atoms with Crippen molar-refractivity contribution in [2.75, 3.05) is 33.3 Å². The molecule has 0 bridgehead atoms. The molecule has 7 nitrogen and oxygen atoms in total. The first kappa shape index (κ1) is 20.3. The van der Waals surface area contributed by atoms with Crippen LogP contribution in [0.1, 0.15) is 47.0 Å². The van der Waals surface area contributed by atoms with E-state index in [1.807, 2.05) is 20.8 Å². The number of ether oxygens (including phenoxy) is 2. The van der Waals surface area contributed by atoms with E-state index in [1.165, 1.54) is 0 Å². The first-order chi connectivity index (χ1) is 11.1. The lowest BCUT2D eigenvalue weighted by molar-refractivity contribution is -0.143.